The molecule has 0 saturated heterocycles. The first-order chi connectivity index (χ1) is 8.16. The molecule has 1 unspecified atom stereocenters. The standard InChI is InChI=1S/C15H18O2/c1-11(16)13-8-6-12(7-9-13)10-14-4-2-3-5-15(14)17/h6-9,14H,2-5,10H2,1H3. The molecular weight excluding hydrogens is 212 g/mol. The summed E-state index contributed by atoms with van der Waals surface area (Å²) in [6.07, 6.45) is 4.82. The first-order valence-electron chi connectivity index (χ1n) is 6.29. The molecule has 0 aliphatic heterocycles. The van der Waals surface area contributed by atoms with Crippen molar-refractivity contribution in [1.82, 2.24) is 0 Å². The smallest absolute Gasteiger partial charge is 0.159 e. The summed E-state index contributed by atoms with van der Waals surface area (Å²) in [7, 11) is 0. The normalized spacial score (nSPS) is 20.3. The zero-order valence-corrected chi connectivity index (χ0v) is 10.2. The van der Waals surface area contributed by atoms with Crippen molar-refractivity contribution < 1.29 is 9.59 Å². The summed E-state index contributed by atoms with van der Waals surface area (Å²) >= 11 is 0. The summed E-state index contributed by atoms with van der Waals surface area (Å²) in [6, 6.07) is 7.65. The second-order valence-electron chi connectivity index (χ2n) is 4.87. The van der Waals surface area contributed by atoms with Gasteiger partial charge in [0.2, 0.25) is 0 Å². The third-order valence-corrected chi connectivity index (χ3v) is 3.52. The molecule has 0 amide bonds. The molecule has 1 saturated carbocycles. The maximum atomic E-state index is 11.7. The molecule has 90 valence electrons. The van der Waals surface area contributed by atoms with Crippen LogP contribution < -0.4 is 0 Å². The van der Waals surface area contributed by atoms with Crippen LogP contribution in [0.2, 0.25) is 0 Å². The van der Waals surface area contributed by atoms with Crippen LogP contribution in [0.1, 0.15) is 48.5 Å². The summed E-state index contributed by atoms with van der Waals surface area (Å²) in [5.74, 6) is 0.698. The Labute approximate surface area is 102 Å². The van der Waals surface area contributed by atoms with Gasteiger partial charge in [-0.2, -0.15) is 0 Å². The summed E-state index contributed by atoms with van der Waals surface area (Å²) in [4.78, 5) is 22.9. The van der Waals surface area contributed by atoms with Gasteiger partial charge in [0.1, 0.15) is 5.78 Å². The monoisotopic (exact) mass is 230 g/mol. The highest BCUT2D eigenvalue weighted by molar-refractivity contribution is 5.94. The first kappa shape index (κ1) is 12.0. The topological polar surface area (TPSA) is 34.1 Å². The van der Waals surface area contributed by atoms with Gasteiger partial charge >= 0.3 is 0 Å². The Balaban J connectivity index is 2.03. The van der Waals surface area contributed by atoms with Crippen molar-refractivity contribution in [3.05, 3.63) is 35.4 Å². The zero-order chi connectivity index (χ0) is 12.3. The molecule has 1 fully saturated rings. The lowest BCUT2D eigenvalue weighted by atomic mass is 9.83. The third kappa shape index (κ3) is 3.02. The maximum Gasteiger partial charge on any atom is 0.159 e. The average molecular weight is 230 g/mol. The predicted molar refractivity (Wildman–Crippen MR) is 67.1 cm³/mol. The van der Waals surface area contributed by atoms with Gasteiger partial charge in [-0.3, -0.25) is 9.59 Å². The molecule has 2 heteroatoms. The van der Waals surface area contributed by atoms with E-state index in [2.05, 4.69) is 0 Å². The van der Waals surface area contributed by atoms with E-state index in [0.29, 0.717) is 5.78 Å². The van der Waals surface area contributed by atoms with E-state index in [4.69, 9.17) is 0 Å². The van der Waals surface area contributed by atoms with E-state index in [1.54, 1.807) is 6.92 Å². The first-order valence-corrected chi connectivity index (χ1v) is 6.29. The quantitative estimate of drug-likeness (QED) is 0.747. The number of hydrogen-bond donors (Lipinski definition) is 0. The van der Waals surface area contributed by atoms with Crippen molar-refractivity contribution in [2.24, 2.45) is 5.92 Å². The lowest BCUT2D eigenvalue weighted by Gasteiger charge is -2.20. The van der Waals surface area contributed by atoms with Crippen LogP contribution in [-0.2, 0) is 11.2 Å². The summed E-state index contributed by atoms with van der Waals surface area (Å²) in [5.41, 5.74) is 1.90. The Morgan fingerprint density at radius 2 is 1.94 bits per heavy atom. The van der Waals surface area contributed by atoms with Crippen molar-refractivity contribution >= 4 is 11.6 Å². The Hall–Kier alpha value is -1.44. The molecule has 1 aliphatic rings. The van der Waals surface area contributed by atoms with Crippen molar-refractivity contribution in [2.45, 2.75) is 39.0 Å². The summed E-state index contributed by atoms with van der Waals surface area (Å²) < 4.78 is 0. The van der Waals surface area contributed by atoms with Gasteiger partial charge in [0.15, 0.2) is 5.78 Å². The number of ketones is 2. The van der Waals surface area contributed by atoms with Crippen LogP contribution in [0.15, 0.2) is 24.3 Å². The predicted octanol–water partition coefficient (Wildman–Crippen LogP) is 3.19. The number of carbonyl (C=O) groups excluding carboxylic acids is 2. The van der Waals surface area contributed by atoms with E-state index in [1.807, 2.05) is 24.3 Å². The Bertz CT molecular complexity index is 417. The minimum atomic E-state index is 0.0882. The van der Waals surface area contributed by atoms with Crippen molar-refractivity contribution in [3.8, 4) is 0 Å². The van der Waals surface area contributed by atoms with Gasteiger partial charge in [0.05, 0.1) is 0 Å². The van der Waals surface area contributed by atoms with E-state index in [0.717, 1.165) is 36.8 Å². The highest BCUT2D eigenvalue weighted by atomic mass is 16.1. The van der Waals surface area contributed by atoms with Crippen LogP contribution >= 0.6 is 0 Å². The van der Waals surface area contributed by atoms with E-state index in [-0.39, 0.29) is 11.7 Å². The number of hydrogen-bond acceptors (Lipinski definition) is 2. The molecule has 0 aromatic heterocycles. The van der Waals surface area contributed by atoms with Crippen LogP contribution in [0, 0.1) is 5.92 Å². The minimum absolute atomic E-state index is 0.0882. The van der Waals surface area contributed by atoms with Crippen molar-refractivity contribution in [2.75, 3.05) is 0 Å². The van der Waals surface area contributed by atoms with Gasteiger partial charge in [-0.05, 0) is 31.7 Å². The van der Waals surface area contributed by atoms with E-state index in [9.17, 15) is 9.59 Å². The largest absolute Gasteiger partial charge is 0.299 e. The average Bonchev–Trinajstić information content (AvgIpc) is 2.33. The Morgan fingerprint density at radius 3 is 2.53 bits per heavy atom. The Morgan fingerprint density at radius 1 is 1.24 bits per heavy atom. The molecule has 0 N–H and O–H groups in total. The van der Waals surface area contributed by atoms with Crippen LogP contribution in [-0.4, -0.2) is 11.6 Å². The van der Waals surface area contributed by atoms with Crippen molar-refractivity contribution in [1.29, 1.82) is 0 Å². The van der Waals surface area contributed by atoms with Gasteiger partial charge in [-0.25, -0.2) is 0 Å². The number of benzene rings is 1. The van der Waals surface area contributed by atoms with E-state index >= 15 is 0 Å². The molecule has 2 nitrogen and oxygen atoms in total. The fraction of sp³-hybridized carbons (Fsp3) is 0.467. The van der Waals surface area contributed by atoms with Gasteiger partial charge < -0.3 is 0 Å². The van der Waals surface area contributed by atoms with E-state index < -0.39 is 0 Å². The van der Waals surface area contributed by atoms with Crippen LogP contribution in [0.4, 0.5) is 0 Å². The minimum Gasteiger partial charge on any atom is -0.299 e. The fourth-order valence-corrected chi connectivity index (χ4v) is 2.43. The fourth-order valence-electron chi connectivity index (χ4n) is 2.43. The lowest BCUT2D eigenvalue weighted by molar-refractivity contribution is -0.124. The molecule has 1 atom stereocenters. The van der Waals surface area contributed by atoms with Crippen LogP contribution in [0.5, 0.6) is 0 Å². The molecule has 0 heterocycles. The molecule has 0 bridgehead atoms. The van der Waals surface area contributed by atoms with Crippen molar-refractivity contribution in [3.63, 3.8) is 0 Å². The van der Waals surface area contributed by atoms with Crippen LogP contribution in [0.3, 0.4) is 0 Å². The number of Topliss-reactive ketones (excluding diaryl/α,β-unsaturated/α-hetero) is 2. The molecular formula is C15H18O2. The highest BCUT2D eigenvalue weighted by Gasteiger charge is 2.22. The lowest BCUT2D eigenvalue weighted by Crippen LogP contribution is -2.21. The van der Waals surface area contributed by atoms with Gasteiger partial charge in [-0.15, -0.1) is 0 Å². The summed E-state index contributed by atoms with van der Waals surface area (Å²) in [5, 5.41) is 0. The molecule has 1 aliphatic carbocycles. The Kier molecular flexibility index (Phi) is 3.72. The third-order valence-electron chi connectivity index (χ3n) is 3.52. The van der Waals surface area contributed by atoms with Gasteiger partial charge in [-0.1, -0.05) is 30.7 Å². The zero-order valence-electron chi connectivity index (χ0n) is 10.2. The molecule has 0 radical (unpaired) electrons. The second-order valence-corrected chi connectivity index (χ2v) is 4.87. The summed E-state index contributed by atoms with van der Waals surface area (Å²) in [6.45, 7) is 1.57. The number of carbonyl (C=O) groups is 2. The molecule has 17 heavy (non-hydrogen) atoms. The second kappa shape index (κ2) is 5.26. The molecule has 1 aromatic carbocycles. The molecule has 2 rings (SSSR count). The molecule has 0 spiro atoms. The maximum absolute atomic E-state index is 11.7. The molecule has 1 aromatic rings. The SMILES string of the molecule is CC(=O)c1ccc(CC2CCCCC2=O)cc1. The highest BCUT2D eigenvalue weighted by Crippen LogP contribution is 2.24. The number of rotatable bonds is 3. The van der Waals surface area contributed by atoms with E-state index in [1.165, 1.54) is 6.42 Å². The van der Waals surface area contributed by atoms with Gasteiger partial charge in [0, 0.05) is 17.9 Å². The van der Waals surface area contributed by atoms with Crippen LogP contribution in [0.25, 0.3) is 0 Å². The van der Waals surface area contributed by atoms with Gasteiger partial charge in [0.25, 0.3) is 0 Å².